The number of hydrogen-bond donors (Lipinski definition) is 0. The van der Waals surface area contributed by atoms with Crippen molar-refractivity contribution in [3.8, 4) is 11.5 Å². The second-order valence-corrected chi connectivity index (χ2v) is 8.15. The third kappa shape index (κ3) is 4.69. The topological polar surface area (TPSA) is 65.2 Å². The number of esters is 1. The molecule has 0 spiro atoms. The van der Waals surface area contributed by atoms with Crippen LogP contribution in [0.2, 0.25) is 0 Å². The number of aryl methyl sites for hydroxylation is 1. The molecule has 1 fully saturated rings. The summed E-state index contributed by atoms with van der Waals surface area (Å²) in [5.74, 6) is 2.45. The van der Waals surface area contributed by atoms with Gasteiger partial charge in [0.05, 0.1) is 6.42 Å². The molecule has 3 rings (SSSR count). The quantitative estimate of drug-likeness (QED) is 0.695. The molecule has 1 aliphatic carbocycles. The van der Waals surface area contributed by atoms with Crippen LogP contribution in [0.5, 0.6) is 0 Å². The van der Waals surface area contributed by atoms with Crippen molar-refractivity contribution in [2.45, 2.75) is 59.0 Å². The number of nitrogens with zero attached hydrogens (tertiary/aromatic N) is 2. The number of carbonyl (C=O) groups excluding carboxylic acids is 1. The summed E-state index contributed by atoms with van der Waals surface area (Å²) in [4.78, 5) is 12.3. The van der Waals surface area contributed by atoms with E-state index in [1.165, 1.54) is 6.42 Å². The molecule has 136 valence electrons. The molecule has 0 radical (unpaired) electrons. The fraction of sp³-hybridized carbons (Fsp3) is 0.632. The molecule has 25 heavy (non-hydrogen) atoms. The van der Waals surface area contributed by atoms with E-state index in [9.17, 15) is 4.79 Å². The van der Waals surface area contributed by atoms with Gasteiger partial charge in [-0.3, -0.25) is 4.79 Å². The molecule has 1 saturated carbocycles. The van der Waals surface area contributed by atoms with Gasteiger partial charge in [0.15, 0.2) is 0 Å². The van der Waals surface area contributed by atoms with Gasteiger partial charge < -0.3 is 9.15 Å². The van der Waals surface area contributed by atoms with Crippen molar-refractivity contribution in [2.24, 2.45) is 17.8 Å². The summed E-state index contributed by atoms with van der Waals surface area (Å²) in [5.41, 5.74) is 0.919. The van der Waals surface area contributed by atoms with E-state index in [-0.39, 0.29) is 18.5 Å². The van der Waals surface area contributed by atoms with Crippen LogP contribution in [-0.4, -0.2) is 22.3 Å². The lowest BCUT2D eigenvalue weighted by molar-refractivity contribution is -0.156. The second kappa shape index (κ2) is 8.13. The minimum Gasteiger partial charge on any atom is -0.462 e. The average Bonchev–Trinajstić information content (AvgIpc) is 3.24. The van der Waals surface area contributed by atoms with Crippen molar-refractivity contribution >= 4 is 17.3 Å². The Hall–Kier alpha value is -1.69. The van der Waals surface area contributed by atoms with E-state index < -0.39 is 0 Å². The SMILES string of the molecule is CC(C)[C@@H]1CC[C@@H](C)C[C@H]1OC(=O)CCc1nnc(-c2ccsc2)o1. The van der Waals surface area contributed by atoms with Gasteiger partial charge in [0.1, 0.15) is 6.10 Å². The van der Waals surface area contributed by atoms with Gasteiger partial charge in [-0.15, -0.1) is 10.2 Å². The third-order valence-electron chi connectivity index (χ3n) is 5.02. The highest BCUT2D eigenvalue weighted by Crippen LogP contribution is 2.35. The van der Waals surface area contributed by atoms with Crippen molar-refractivity contribution in [3.05, 3.63) is 22.7 Å². The van der Waals surface area contributed by atoms with Gasteiger partial charge in [0, 0.05) is 17.4 Å². The van der Waals surface area contributed by atoms with Crippen LogP contribution in [0, 0.1) is 17.8 Å². The fourth-order valence-corrected chi connectivity index (χ4v) is 4.17. The Labute approximate surface area is 152 Å². The van der Waals surface area contributed by atoms with Crippen LogP contribution in [0.25, 0.3) is 11.5 Å². The molecule has 0 unspecified atom stereocenters. The Morgan fingerprint density at radius 2 is 2.24 bits per heavy atom. The number of hydrogen-bond acceptors (Lipinski definition) is 6. The van der Waals surface area contributed by atoms with Gasteiger partial charge in [-0.1, -0.05) is 27.2 Å². The Bertz CT molecular complexity index is 681. The van der Waals surface area contributed by atoms with E-state index in [2.05, 4.69) is 31.0 Å². The molecule has 0 N–H and O–H groups in total. The molecule has 0 saturated heterocycles. The van der Waals surface area contributed by atoms with Crippen molar-refractivity contribution in [1.29, 1.82) is 0 Å². The number of aromatic nitrogens is 2. The van der Waals surface area contributed by atoms with E-state index >= 15 is 0 Å². The summed E-state index contributed by atoms with van der Waals surface area (Å²) in [6, 6.07) is 1.94. The minimum absolute atomic E-state index is 0.0419. The van der Waals surface area contributed by atoms with E-state index in [4.69, 9.17) is 9.15 Å². The van der Waals surface area contributed by atoms with Crippen molar-refractivity contribution in [2.75, 3.05) is 0 Å². The fourth-order valence-electron chi connectivity index (χ4n) is 3.54. The van der Waals surface area contributed by atoms with Crippen LogP contribution in [0.3, 0.4) is 0 Å². The molecule has 5 nitrogen and oxygen atoms in total. The molecule has 2 aromatic heterocycles. The third-order valence-corrected chi connectivity index (χ3v) is 5.71. The van der Waals surface area contributed by atoms with Gasteiger partial charge in [-0.2, -0.15) is 11.3 Å². The molecule has 2 heterocycles. The summed E-state index contributed by atoms with van der Waals surface area (Å²) in [5, 5.41) is 12.0. The first-order chi connectivity index (χ1) is 12.0. The van der Waals surface area contributed by atoms with E-state index in [0.29, 0.717) is 36.0 Å². The largest absolute Gasteiger partial charge is 0.462 e. The number of rotatable bonds is 6. The Morgan fingerprint density at radius 3 is 2.96 bits per heavy atom. The van der Waals surface area contributed by atoms with Crippen molar-refractivity contribution in [3.63, 3.8) is 0 Å². The molecule has 1 aliphatic rings. The smallest absolute Gasteiger partial charge is 0.306 e. The van der Waals surface area contributed by atoms with E-state index in [1.54, 1.807) is 11.3 Å². The van der Waals surface area contributed by atoms with Gasteiger partial charge in [0.25, 0.3) is 0 Å². The lowest BCUT2D eigenvalue weighted by Gasteiger charge is -2.36. The maximum Gasteiger partial charge on any atom is 0.306 e. The predicted octanol–water partition coefficient (Wildman–Crippen LogP) is 4.73. The van der Waals surface area contributed by atoms with Crippen molar-refractivity contribution in [1.82, 2.24) is 10.2 Å². The monoisotopic (exact) mass is 362 g/mol. The first kappa shape index (κ1) is 18.1. The minimum atomic E-state index is -0.167. The van der Waals surface area contributed by atoms with Crippen LogP contribution in [-0.2, 0) is 16.0 Å². The summed E-state index contributed by atoms with van der Waals surface area (Å²) in [6.45, 7) is 6.67. The average molecular weight is 362 g/mol. The number of ether oxygens (including phenoxy) is 1. The van der Waals surface area contributed by atoms with Gasteiger partial charge in [0.2, 0.25) is 11.8 Å². The number of thiophene rings is 1. The molecule has 0 amide bonds. The summed E-state index contributed by atoms with van der Waals surface area (Å²) in [6.07, 6.45) is 4.08. The molecule has 0 aliphatic heterocycles. The summed E-state index contributed by atoms with van der Waals surface area (Å²) in [7, 11) is 0. The molecule has 3 atom stereocenters. The predicted molar refractivity (Wildman–Crippen MR) is 97.2 cm³/mol. The molecular formula is C19H26N2O3S. The Kier molecular flexibility index (Phi) is 5.89. The van der Waals surface area contributed by atoms with Crippen LogP contribution >= 0.6 is 11.3 Å². The first-order valence-electron chi connectivity index (χ1n) is 9.07. The summed E-state index contributed by atoms with van der Waals surface area (Å²) < 4.78 is 11.4. The Balaban J connectivity index is 1.52. The lowest BCUT2D eigenvalue weighted by atomic mass is 9.75. The number of carbonyl (C=O) groups is 1. The van der Waals surface area contributed by atoms with E-state index in [1.807, 2.05) is 16.8 Å². The molecule has 2 aromatic rings. The standard InChI is InChI=1S/C19H26N2O3S/c1-12(2)15-5-4-13(3)10-16(15)23-18(22)7-6-17-20-21-19(24-17)14-8-9-25-11-14/h8-9,11-13,15-16H,4-7,10H2,1-3H3/t13-,15+,16-/m1/s1. The van der Waals surface area contributed by atoms with Gasteiger partial charge >= 0.3 is 5.97 Å². The van der Waals surface area contributed by atoms with E-state index in [0.717, 1.165) is 18.4 Å². The maximum atomic E-state index is 12.3. The van der Waals surface area contributed by atoms with Crippen LogP contribution in [0.4, 0.5) is 0 Å². The highest BCUT2D eigenvalue weighted by atomic mass is 32.1. The highest BCUT2D eigenvalue weighted by Gasteiger charge is 2.33. The molecular weight excluding hydrogens is 336 g/mol. The molecule has 0 bridgehead atoms. The zero-order chi connectivity index (χ0) is 17.8. The lowest BCUT2D eigenvalue weighted by Crippen LogP contribution is -2.35. The van der Waals surface area contributed by atoms with Crippen LogP contribution in [0.1, 0.15) is 52.3 Å². The van der Waals surface area contributed by atoms with Crippen LogP contribution < -0.4 is 0 Å². The Morgan fingerprint density at radius 1 is 1.40 bits per heavy atom. The first-order valence-corrected chi connectivity index (χ1v) is 10.0. The molecule has 0 aromatic carbocycles. The van der Waals surface area contributed by atoms with Gasteiger partial charge in [-0.25, -0.2) is 0 Å². The zero-order valence-corrected chi connectivity index (χ0v) is 15.9. The van der Waals surface area contributed by atoms with Crippen LogP contribution in [0.15, 0.2) is 21.2 Å². The zero-order valence-electron chi connectivity index (χ0n) is 15.1. The van der Waals surface area contributed by atoms with Crippen molar-refractivity contribution < 1.29 is 13.9 Å². The van der Waals surface area contributed by atoms with Gasteiger partial charge in [-0.05, 0) is 42.0 Å². The molecule has 6 heteroatoms. The second-order valence-electron chi connectivity index (χ2n) is 7.37. The highest BCUT2D eigenvalue weighted by molar-refractivity contribution is 7.08. The summed E-state index contributed by atoms with van der Waals surface area (Å²) >= 11 is 1.58. The normalized spacial score (nSPS) is 23.8. The maximum absolute atomic E-state index is 12.3.